The third-order valence-corrected chi connectivity index (χ3v) is 5.48. The van der Waals surface area contributed by atoms with Crippen molar-refractivity contribution in [3.8, 4) is 0 Å². The second kappa shape index (κ2) is 6.70. The first kappa shape index (κ1) is 17.4. The molecule has 0 spiro atoms. The fourth-order valence-electron chi connectivity index (χ4n) is 4.14. The van der Waals surface area contributed by atoms with Gasteiger partial charge in [-0.3, -0.25) is 0 Å². The molecule has 0 unspecified atom stereocenters. The third-order valence-electron chi connectivity index (χ3n) is 5.48. The Morgan fingerprint density at radius 1 is 0.259 bits per heavy atom. The molecule has 0 aliphatic rings. The quantitative estimate of drug-likeness (QED) is 0.199. The molecule has 27 heavy (non-hydrogen) atoms. The van der Waals surface area contributed by atoms with Gasteiger partial charge in [-0.05, 0) is 102 Å². The molecule has 0 aliphatic heterocycles. The molecule has 6 aromatic rings. The summed E-state index contributed by atoms with van der Waals surface area (Å²) in [6.07, 6.45) is 0. The van der Waals surface area contributed by atoms with Gasteiger partial charge in [-0.2, -0.15) is 0 Å². The van der Waals surface area contributed by atoms with Crippen LogP contribution in [0.25, 0.3) is 53.9 Å². The van der Waals surface area contributed by atoms with Crippen molar-refractivity contribution < 1.29 is 0 Å². The van der Waals surface area contributed by atoms with Crippen molar-refractivity contribution in [2.45, 2.75) is 0 Å². The molecule has 0 fully saturated rings. The summed E-state index contributed by atoms with van der Waals surface area (Å²) in [5.74, 6) is 0. The molecule has 0 aliphatic carbocycles. The fraction of sp³-hybridized carbons (Fsp3) is 0. The van der Waals surface area contributed by atoms with Crippen molar-refractivity contribution in [3.05, 3.63) is 97.1 Å². The predicted molar refractivity (Wildman–Crippen MR) is 120 cm³/mol. The van der Waals surface area contributed by atoms with Gasteiger partial charge in [-0.25, -0.2) is 0 Å². The van der Waals surface area contributed by atoms with Crippen LogP contribution in [0.5, 0.6) is 0 Å². The summed E-state index contributed by atoms with van der Waals surface area (Å²) in [7, 11) is 0. The Hall–Kier alpha value is -1.74. The van der Waals surface area contributed by atoms with Crippen molar-refractivity contribution in [2.24, 2.45) is 0 Å². The Morgan fingerprint density at radius 3 is 0.667 bits per heavy atom. The molecule has 0 atom stereocenters. The second-order valence-electron chi connectivity index (χ2n) is 7.14. The smallest absolute Gasteiger partial charge is 0 e. The molecule has 0 amide bonds. The van der Waals surface area contributed by atoms with E-state index in [-0.39, 0.29) is 51.4 Å². The first-order valence-corrected chi connectivity index (χ1v) is 9.02. The van der Waals surface area contributed by atoms with Crippen LogP contribution in [0.15, 0.2) is 97.1 Å². The summed E-state index contributed by atoms with van der Waals surface area (Å²) in [5.41, 5.74) is 0. The number of fused-ring (bicyclic) bond motifs is 5. The molecule has 0 saturated carbocycles. The summed E-state index contributed by atoms with van der Waals surface area (Å²) in [6.45, 7) is 0. The zero-order valence-corrected chi connectivity index (χ0v) is 18.4. The van der Waals surface area contributed by atoms with E-state index in [9.17, 15) is 0 Å². The van der Waals surface area contributed by atoms with Gasteiger partial charge >= 0.3 is 0 Å². The van der Waals surface area contributed by atoms with Gasteiger partial charge in [0.15, 0.2) is 0 Å². The summed E-state index contributed by atoms with van der Waals surface area (Å²) in [5, 5.41) is 13.0. The molecule has 0 nitrogen and oxygen atoms in total. The van der Waals surface area contributed by atoms with E-state index in [0.717, 1.165) is 0 Å². The molecular formula is C26H16K. The van der Waals surface area contributed by atoms with Crippen molar-refractivity contribution in [2.75, 3.05) is 0 Å². The molecule has 6 rings (SSSR count). The molecular weight excluding hydrogens is 351 g/mol. The van der Waals surface area contributed by atoms with Gasteiger partial charge in [0.05, 0.1) is 0 Å². The zero-order chi connectivity index (χ0) is 17.1. The minimum Gasteiger partial charge on any atom is -0.0616 e. The van der Waals surface area contributed by atoms with Gasteiger partial charge in [0, 0.05) is 51.4 Å². The molecule has 0 N–H and O–H groups in total. The van der Waals surface area contributed by atoms with E-state index in [1.165, 1.54) is 53.9 Å². The number of rotatable bonds is 0. The Labute approximate surface area is 200 Å². The van der Waals surface area contributed by atoms with Crippen LogP contribution in [0.3, 0.4) is 0 Å². The van der Waals surface area contributed by atoms with E-state index >= 15 is 0 Å². The maximum atomic E-state index is 2.33. The SMILES string of the molecule is [K].c1ccc2cc3cc4cc5cc6ccccc6cc5cc4cc3cc2c1. The topological polar surface area (TPSA) is 0 Å². The molecule has 6 aromatic carbocycles. The van der Waals surface area contributed by atoms with Crippen LogP contribution in [0.1, 0.15) is 0 Å². The van der Waals surface area contributed by atoms with Crippen LogP contribution < -0.4 is 0 Å². The molecule has 121 valence electrons. The summed E-state index contributed by atoms with van der Waals surface area (Å²) < 4.78 is 0. The van der Waals surface area contributed by atoms with Crippen LogP contribution in [-0.4, -0.2) is 51.4 Å². The first-order chi connectivity index (χ1) is 12.8. The van der Waals surface area contributed by atoms with E-state index in [1.54, 1.807) is 0 Å². The van der Waals surface area contributed by atoms with E-state index in [1.807, 2.05) is 0 Å². The van der Waals surface area contributed by atoms with Crippen molar-refractivity contribution in [3.63, 3.8) is 0 Å². The maximum absolute atomic E-state index is 2.33. The largest absolute Gasteiger partial charge is 0.0616 e. The van der Waals surface area contributed by atoms with E-state index in [0.29, 0.717) is 0 Å². The van der Waals surface area contributed by atoms with E-state index < -0.39 is 0 Å². The minimum absolute atomic E-state index is 0. The Balaban J connectivity index is 0.00000160. The average molecular weight is 368 g/mol. The molecule has 1 radical (unpaired) electrons. The standard InChI is InChI=1S/C26H16.K/c1-2-6-18-10-22-14-26-16-24-12-20-8-4-3-7-19(20)11-23(24)15-25(26)13-21(22)9-17(18)5-1;/h1-16H;. The average Bonchev–Trinajstić information content (AvgIpc) is 2.67. The van der Waals surface area contributed by atoms with E-state index in [2.05, 4.69) is 97.1 Å². The molecule has 0 aromatic heterocycles. The minimum atomic E-state index is 0. The van der Waals surface area contributed by atoms with Crippen molar-refractivity contribution >= 4 is 105 Å². The fourth-order valence-corrected chi connectivity index (χ4v) is 4.14. The molecule has 0 heterocycles. The van der Waals surface area contributed by atoms with E-state index in [4.69, 9.17) is 0 Å². The van der Waals surface area contributed by atoms with Gasteiger partial charge in [0.25, 0.3) is 0 Å². The van der Waals surface area contributed by atoms with Crippen molar-refractivity contribution in [1.82, 2.24) is 0 Å². The van der Waals surface area contributed by atoms with Crippen LogP contribution >= 0.6 is 0 Å². The number of hydrogen-bond acceptors (Lipinski definition) is 0. The van der Waals surface area contributed by atoms with Gasteiger partial charge in [0.1, 0.15) is 0 Å². The van der Waals surface area contributed by atoms with Crippen molar-refractivity contribution in [1.29, 1.82) is 0 Å². The van der Waals surface area contributed by atoms with Crippen LogP contribution in [0.2, 0.25) is 0 Å². The normalized spacial score (nSPS) is 11.4. The van der Waals surface area contributed by atoms with Gasteiger partial charge in [-0.15, -0.1) is 0 Å². The maximum Gasteiger partial charge on any atom is 0 e. The number of hydrogen-bond donors (Lipinski definition) is 0. The Kier molecular flexibility index (Phi) is 4.31. The first-order valence-electron chi connectivity index (χ1n) is 9.02. The number of benzene rings is 6. The summed E-state index contributed by atoms with van der Waals surface area (Å²) >= 11 is 0. The Morgan fingerprint density at radius 2 is 0.444 bits per heavy atom. The van der Waals surface area contributed by atoms with Gasteiger partial charge in [0.2, 0.25) is 0 Å². The zero-order valence-electron chi connectivity index (χ0n) is 15.2. The van der Waals surface area contributed by atoms with Crippen LogP contribution in [0.4, 0.5) is 0 Å². The third kappa shape index (κ3) is 2.91. The predicted octanol–water partition coefficient (Wildman–Crippen LogP) is 7.07. The van der Waals surface area contributed by atoms with Crippen LogP contribution in [-0.2, 0) is 0 Å². The molecule has 0 bridgehead atoms. The van der Waals surface area contributed by atoms with Gasteiger partial charge in [-0.1, -0.05) is 48.5 Å². The van der Waals surface area contributed by atoms with Gasteiger partial charge < -0.3 is 0 Å². The molecule has 1 heteroatoms. The summed E-state index contributed by atoms with van der Waals surface area (Å²) in [6, 6.07) is 35.7. The molecule has 0 saturated heterocycles. The summed E-state index contributed by atoms with van der Waals surface area (Å²) in [4.78, 5) is 0. The second-order valence-corrected chi connectivity index (χ2v) is 7.14. The monoisotopic (exact) mass is 367 g/mol. The van der Waals surface area contributed by atoms with Crippen LogP contribution in [0, 0.1) is 0 Å². The Bertz CT molecular complexity index is 1260.